The summed E-state index contributed by atoms with van der Waals surface area (Å²) in [6, 6.07) is 0.572. The predicted octanol–water partition coefficient (Wildman–Crippen LogP) is 3.18. The zero-order valence-electron chi connectivity index (χ0n) is 13.3. The lowest BCUT2D eigenvalue weighted by molar-refractivity contribution is -0.136. The summed E-state index contributed by atoms with van der Waals surface area (Å²) in [4.78, 5) is 14.8. The number of piperidine rings is 1. The van der Waals surface area contributed by atoms with Crippen molar-refractivity contribution in [1.29, 1.82) is 0 Å². The van der Waals surface area contributed by atoms with Crippen LogP contribution in [0.4, 0.5) is 0 Å². The van der Waals surface area contributed by atoms with Crippen LogP contribution in [0.2, 0.25) is 0 Å². The highest BCUT2D eigenvalue weighted by atomic mass is 16.2. The van der Waals surface area contributed by atoms with Crippen molar-refractivity contribution in [2.24, 2.45) is 23.5 Å². The maximum atomic E-state index is 12.6. The Morgan fingerprint density at radius 1 is 1.20 bits per heavy atom. The van der Waals surface area contributed by atoms with Crippen LogP contribution < -0.4 is 5.73 Å². The molecule has 1 saturated heterocycles. The number of nitrogens with two attached hydrogens (primary N) is 1. The molecule has 1 aliphatic heterocycles. The fraction of sp³-hybridized carbons (Fsp3) is 0.941. The number of hydrogen-bond donors (Lipinski definition) is 1. The van der Waals surface area contributed by atoms with Crippen molar-refractivity contribution in [3.63, 3.8) is 0 Å². The Labute approximate surface area is 124 Å². The number of hydrogen-bond acceptors (Lipinski definition) is 2. The van der Waals surface area contributed by atoms with Crippen LogP contribution in [0, 0.1) is 17.8 Å². The lowest BCUT2D eigenvalue weighted by Crippen LogP contribution is -2.46. The minimum atomic E-state index is 0.407. The molecule has 0 aromatic rings. The first-order valence-corrected chi connectivity index (χ1v) is 8.63. The molecule has 3 heteroatoms. The van der Waals surface area contributed by atoms with E-state index in [0.717, 1.165) is 38.3 Å². The zero-order valence-corrected chi connectivity index (χ0v) is 13.3. The van der Waals surface area contributed by atoms with Gasteiger partial charge in [0, 0.05) is 19.0 Å². The predicted molar refractivity (Wildman–Crippen MR) is 83.3 cm³/mol. The van der Waals surface area contributed by atoms with Gasteiger partial charge in [-0.1, -0.05) is 20.3 Å². The summed E-state index contributed by atoms with van der Waals surface area (Å²) in [5, 5.41) is 0. The summed E-state index contributed by atoms with van der Waals surface area (Å²) in [5.41, 5.74) is 5.69. The number of carbonyl (C=O) groups excluding carboxylic acids is 1. The Kier molecular flexibility index (Phi) is 5.88. The Morgan fingerprint density at radius 2 is 1.95 bits per heavy atom. The van der Waals surface area contributed by atoms with Crippen molar-refractivity contribution in [2.75, 3.05) is 13.1 Å². The van der Waals surface area contributed by atoms with Crippen LogP contribution in [0.5, 0.6) is 0 Å². The molecule has 1 heterocycles. The van der Waals surface area contributed by atoms with E-state index >= 15 is 0 Å². The molecule has 0 bridgehead atoms. The van der Waals surface area contributed by atoms with Gasteiger partial charge in [0.25, 0.3) is 0 Å². The standard InChI is InChI=1S/C17H32N2O/c1-13(2)14(10-11-18)8-9-17(20)19-12-4-6-15-5-3-7-16(15)19/h13-16H,3-12,18H2,1-2H3. The number of carbonyl (C=O) groups is 1. The van der Waals surface area contributed by atoms with E-state index in [4.69, 9.17) is 5.73 Å². The Bertz CT molecular complexity index is 316. The second kappa shape index (κ2) is 7.44. The molecule has 2 N–H and O–H groups in total. The normalized spacial score (nSPS) is 27.7. The van der Waals surface area contributed by atoms with E-state index in [0.29, 0.717) is 23.8 Å². The van der Waals surface area contributed by atoms with E-state index in [9.17, 15) is 4.79 Å². The number of likely N-dealkylation sites (tertiary alicyclic amines) is 1. The molecule has 20 heavy (non-hydrogen) atoms. The molecule has 0 aromatic carbocycles. The molecular formula is C17H32N2O. The van der Waals surface area contributed by atoms with Crippen LogP contribution in [0.15, 0.2) is 0 Å². The maximum Gasteiger partial charge on any atom is 0.222 e. The van der Waals surface area contributed by atoms with Crippen molar-refractivity contribution < 1.29 is 4.79 Å². The molecule has 1 aliphatic carbocycles. The Balaban J connectivity index is 1.84. The van der Waals surface area contributed by atoms with E-state index in [2.05, 4.69) is 18.7 Å². The average molecular weight is 280 g/mol. The van der Waals surface area contributed by atoms with E-state index < -0.39 is 0 Å². The van der Waals surface area contributed by atoms with Gasteiger partial charge in [-0.25, -0.2) is 0 Å². The van der Waals surface area contributed by atoms with Crippen molar-refractivity contribution in [1.82, 2.24) is 4.90 Å². The van der Waals surface area contributed by atoms with Crippen LogP contribution in [-0.2, 0) is 4.79 Å². The zero-order chi connectivity index (χ0) is 14.5. The highest BCUT2D eigenvalue weighted by Crippen LogP contribution is 2.37. The summed E-state index contributed by atoms with van der Waals surface area (Å²) in [6.07, 6.45) is 9.26. The second-order valence-corrected chi connectivity index (χ2v) is 7.11. The fourth-order valence-electron chi connectivity index (χ4n) is 4.24. The molecule has 2 aliphatic rings. The van der Waals surface area contributed by atoms with Gasteiger partial charge < -0.3 is 10.6 Å². The van der Waals surface area contributed by atoms with Crippen molar-refractivity contribution >= 4 is 5.91 Å². The molecule has 3 nitrogen and oxygen atoms in total. The van der Waals surface area contributed by atoms with Crippen molar-refractivity contribution in [3.8, 4) is 0 Å². The Hall–Kier alpha value is -0.570. The van der Waals surface area contributed by atoms with E-state index in [1.807, 2.05) is 0 Å². The largest absolute Gasteiger partial charge is 0.339 e. The highest BCUT2D eigenvalue weighted by Gasteiger charge is 2.37. The van der Waals surface area contributed by atoms with Crippen LogP contribution >= 0.6 is 0 Å². The maximum absolute atomic E-state index is 12.6. The van der Waals surface area contributed by atoms with Gasteiger partial charge in [-0.3, -0.25) is 4.79 Å². The SMILES string of the molecule is CC(C)C(CCN)CCC(=O)N1CCCC2CCCC21. The molecule has 116 valence electrons. The lowest BCUT2D eigenvalue weighted by Gasteiger charge is -2.38. The molecule has 1 amide bonds. The van der Waals surface area contributed by atoms with E-state index in [1.54, 1.807) is 0 Å². The quantitative estimate of drug-likeness (QED) is 0.812. The number of amides is 1. The van der Waals surface area contributed by atoms with Gasteiger partial charge in [0.15, 0.2) is 0 Å². The van der Waals surface area contributed by atoms with Crippen LogP contribution in [0.1, 0.15) is 65.2 Å². The number of nitrogens with zero attached hydrogens (tertiary/aromatic N) is 1. The molecule has 0 aromatic heterocycles. The van der Waals surface area contributed by atoms with Gasteiger partial charge in [0.1, 0.15) is 0 Å². The first-order chi connectivity index (χ1) is 9.63. The summed E-state index contributed by atoms with van der Waals surface area (Å²) in [5.74, 6) is 2.45. The van der Waals surface area contributed by atoms with Gasteiger partial charge in [0.05, 0.1) is 0 Å². The third-order valence-electron chi connectivity index (χ3n) is 5.52. The lowest BCUT2D eigenvalue weighted by atomic mass is 9.87. The summed E-state index contributed by atoms with van der Waals surface area (Å²) in [7, 11) is 0. The van der Waals surface area contributed by atoms with E-state index in [1.165, 1.54) is 32.1 Å². The molecule has 2 fully saturated rings. The van der Waals surface area contributed by atoms with Gasteiger partial charge >= 0.3 is 0 Å². The molecule has 1 saturated carbocycles. The molecule has 3 atom stereocenters. The van der Waals surface area contributed by atoms with Crippen LogP contribution in [0.25, 0.3) is 0 Å². The third kappa shape index (κ3) is 3.75. The summed E-state index contributed by atoms with van der Waals surface area (Å²) >= 11 is 0. The Morgan fingerprint density at radius 3 is 2.65 bits per heavy atom. The first-order valence-electron chi connectivity index (χ1n) is 8.63. The van der Waals surface area contributed by atoms with E-state index in [-0.39, 0.29) is 0 Å². The average Bonchev–Trinajstić information content (AvgIpc) is 2.90. The fourth-order valence-corrected chi connectivity index (χ4v) is 4.24. The molecule has 0 spiro atoms. The molecule has 2 rings (SSSR count). The van der Waals surface area contributed by atoms with Crippen molar-refractivity contribution in [3.05, 3.63) is 0 Å². The minimum Gasteiger partial charge on any atom is -0.339 e. The second-order valence-electron chi connectivity index (χ2n) is 7.11. The van der Waals surface area contributed by atoms with Gasteiger partial charge in [-0.05, 0) is 62.8 Å². The molecule has 0 radical (unpaired) electrons. The first kappa shape index (κ1) is 15.8. The van der Waals surface area contributed by atoms with Gasteiger partial charge in [0.2, 0.25) is 5.91 Å². The van der Waals surface area contributed by atoms with Gasteiger partial charge in [-0.2, -0.15) is 0 Å². The highest BCUT2D eigenvalue weighted by molar-refractivity contribution is 5.76. The smallest absolute Gasteiger partial charge is 0.222 e. The molecule has 3 unspecified atom stereocenters. The third-order valence-corrected chi connectivity index (χ3v) is 5.52. The van der Waals surface area contributed by atoms with Crippen LogP contribution in [0.3, 0.4) is 0 Å². The summed E-state index contributed by atoms with van der Waals surface area (Å²) < 4.78 is 0. The molecular weight excluding hydrogens is 248 g/mol. The topological polar surface area (TPSA) is 46.3 Å². The number of fused-ring (bicyclic) bond motifs is 1. The summed E-state index contributed by atoms with van der Waals surface area (Å²) in [6.45, 7) is 6.24. The van der Waals surface area contributed by atoms with Crippen molar-refractivity contribution in [2.45, 2.75) is 71.3 Å². The minimum absolute atomic E-state index is 0.407. The number of rotatable bonds is 6. The monoisotopic (exact) mass is 280 g/mol. The van der Waals surface area contributed by atoms with Crippen LogP contribution in [-0.4, -0.2) is 29.9 Å². The van der Waals surface area contributed by atoms with Gasteiger partial charge in [-0.15, -0.1) is 0 Å².